The van der Waals surface area contributed by atoms with Gasteiger partial charge in [-0.2, -0.15) is 0 Å². The van der Waals surface area contributed by atoms with E-state index in [1.807, 2.05) is 37.3 Å². The van der Waals surface area contributed by atoms with Crippen LogP contribution in [0.3, 0.4) is 0 Å². The van der Waals surface area contributed by atoms with Gasteiger partial charge < -0.3 is 15.0 Å². The lowest BCUT2D eigenvalue weighted by atomic mass is 10.2. The van der Waals surface area contributed by atoms with Crippen LogP contribution in [-0.4, -0.2) is 45.5 Å². The molecule has 37 heavy (non-hydrogen) atoms. The van der Waals surface area contributed by atoms with Crippen molar-refractivity contribution in [3.05, 3.63) is 77.2 Å². The van der Waals surface area contributed by atoms with Gasteiger partial charge in [-0.15, -0.1) is 11.3 Å². The van der Waals surface area contributed by atoms with Gasteiger partial charge in [-0.3, -0.25) is 14.3 Å². The Balaban J connectivity index is 1.38. The number of nitrogens with zero attached hydrogens (tertiary/aromatic N) is 3. The summed E-state index contributed by atoms with van der Waals surface area (Å²) < 4.78 is 23.3. The quantitative estimate of drug-likeness (QED) is 0.308. The molecule has 2 heterocycles. The van der Waals surface area contributed by atoms with Crippen molar-refractivity contribution in [1.82, 2.24) is 19.6 Å². The van der Waals surface area contributed by atoms with Gasteiger partial charge in [0.1, 0.15) is 11.0 Å². The second-order valence-electron chi connectivity index (χ2n) is 7.76. The molecule has 0 aliphatic carbocycles. The summed E-state index contributed by atoms with van der Waals surface area (Å²) in [6.45, 7) is 2.42. The maximum atomic E-state index is 14.8. The second kappa shape index (κ2) is 11.8. The van der Waals surface area contributed by atoms with Gasteiger partial charge in [0.25, 0.3) is 5.91 Å². The Bertz CT molecular complexity index is 1450. The molecule has 4 rings (SSSR count). The number of fused-ring (bicyclic) bond motifs is 1. The summed E-state index contributed by atoms with van der Waals surface area (Å²) in [7, 11) is 1.70. The molecular weight excluding hydrogens is 517 g/mol. The first-order chi connectivity index (χ1) is 17.8. The second-order valence-corrected chi connectivity index (χ2v) is 9.68. The van der Waals surface area contributed by atoms with Crippen LogP contribution in [0, 0.1) is 5.82 Å². The summed E-state index contributed by atoms with van der Waals surface area (Å²) in [5, 5.41) is 2.23. The predicted octanol–water partition coefficient (Wildman–Crippen LogP) is 5.25. The summed E-state index contributed by atoms with van der Waals surface area (Å²) >= 11 is 1.82. The molecule has 0 spiro atoms. The molecule has 0 saturated carbocycles. The summed E-state index contributed by atoms with van der Waals surface area (Å²) in [4.78, 5) is 47.0. The average Bonchev–Trinajstić information content (AvgIpc) is 3.34. The minimum Gasteiger partial charge on any atom is -0.434 e. The first kappa shape index (κ1) is 26.0. The number of carbonyl (C=O) groups is 3. The van der Waals surface area contributed by atoms with E-state index < -0.39 is 11.8 Å². The lowest BCUT2D eigenvalue weighted by molar-refractivity contribution is -0.110. The molecule has 4 aromatic rings. The Morgan fingerprint density at radius 3 is 2.62 bits per heavy atom. The highest BCUT2D eigenvalue weighted by atomic mass is 32.2. The highest BCUT2D eigenvalue weighted by Crippen LogP contribution is 2.35. The molecule has 2 aromatic heterocycles. The van der Waals surface area contributed by atoms with Crippen molar-refractivity contribution < 1.29 is 23.5 Å². The number of carbonyl (C=O) groups excluding carboxylic acids is 3. The fraction of sp³-hybridized carbons (Fsp3) is 0.160. The topological polar surface area (TPSA) is 114 Å². The van der Waals surface area contributed by atoms with Crippen LogP contribution in [-0.2, 0) is 11.2 Å². The Kier molecular flexibility index (Phi) is 8.31. The Morgan fingerprint density at radius 1 is 1.11 bits per heavy atom. The van der Waals surface area contributed by atoms with Gasteiger partial charge in [-0.1, -0.05) is 30.3 Å². The Morgan fingerprint density at radius 2 is 1.89 bits per heavy atom. The molecule has 0 atom stereocenters. The summed E-state index contributed by atoms with van der Waals surface area (Å²) in [6.07, 6.45) is 1.44. The molecule has 0 bridgehead atoms. The van der Waals surface area contributed by atoms with Crippen LogP contribution >= 0.6 is 23.3 Å². The van der Waals surface area contributed by atoms with Crippen molar-refractivity contribution in [1.29, 1.82) is 0 Å². The smallest absolute Gasteiger partial charge is 0.329 e. The summed E-state index contributed by atoms with van der Waals surface area (Å²) in [5.74, 6) is -0.906. The molecule has 3 amide bonds. The zero-order chi connectivity index (χ0) is 26.4. The first-order valence-electron chi connectivity index (χ1n) is 11.1. The van der Waals surface area contributed by atoms with Gasteiger partial charge in [-0.25, -0.2) is 19.2 Å². The number of halogens is 1. The van der Waals surface area contributed by atoms with Crippen LogP contribution in [0.2, 0.25) is 0 Å². The molecule has 2 N–H and O–H groups in total. The number of thiophene rings is 1. The van der Waals surface area contributed by atoms with Crippen molar-refractivity contribution in [3.8, 4) is 11.6 Å². The number of hydrogen-bond acceptors (Lipinski definition) is 8. The fourth-order valence-electron chi connectivity index (χ4n) is 3.17. The lowest BCUT2D eigenvalue weighted by Crippen LogP contribution is -2.25. The van der Waals surface area contributed by atoms with Crippen LogP contribution in [0.4, 0.5) is 14.9 Å². The Labute approximate surface area is 220 Å². The van der Waals surface area contributed by atoms with Crippen LogP contribution in [0.25, 0.3) is 10.2 Å². The van der Waals surface area contributed by atoms with E-state index in [0.29, 0.717) is 33.6 Å². The Hall–Kier alpha value is -4.03. The van der Waals surface area contributed by atoms with Crippen LogP contribution in [0.5, 0.6) is 11.6 Å². The van der Waals surface area contributed by atoms with Crippen molar-refractivity contribution in [2.45, 2.75) is 13.3 Å². The van der Waals surface area contributed by atoms with Gasteiger partial charge in [0.05, 0.1) is 10.4 Å². The summed E-state index contributed by atoms with van der Waals surface area (Å²) in [5.41, 5.74) is 1.51. The van der Waals surface area contributed by atoms with Gasteiger partial charge in [-0.05, 0) is 30.7 Å². The molecule has 0 unspecified atom stereocenters. The van der Waals surface area contributed by atoms with Crippen molar-refractivity contribution in [2.24, 2.45) is 0 Å². The molecule has 0 aliphatic heterocycles. The minimum absolute atomic E-state index is 0.110. The average molecular weight is 540 g/mol. The summed E-state index contributed by atoms with van der Waals surface area (Å²) in [6, 6.07) is 14.0. The molecular formula is C25H22FN5O4S2. The van der Waals surface area contributed by atoms with Crippen molar-refractivity contribution >= 4 is 56.2 Å². The maximum Gasteiger partial charge on any atom is 0.329 e. The largest absolute Gasteiger partial charge is 0.434 e. The third-order valence-corrected chi connectivity index (χ3v) is 6.92. The molecule has 190 valence electrons. The number of aromatic nitrogens is 2. The number of urea groups is 1. The maximum absolute atomic E-state index is 14.8. The molecule has 0 aliphatic rings. The van der Waals surface area contributed by atoms with Crippen molar-refractivity contribution in [3.63, 3.8) is 0 Å². The van der Waals surface area contributed by atoms with E-state index in [0.717, 1.165) is 23.0 Å². The molecule has 2 aromatic carbocycles. The van der Waals surface area contributed by atoms with E-state index in [-0.39, 0.29) is 34.8 Å². The highest BCUT2D eigenvalue weighted by molar-refractivity contribution is 8.12. The fourth-order valence-corrected chi connectivity index (χ4v) is 4.69. The molecule has 0 fully saturated rings. The normalized spacial score (nSPS) is 10.7. The van der Waals surface area contributed by atoms with E-state index in [4.69, 9.17) is 4.74 Å². The van der Waals surface area contributed by atoms with Gasteiger partial charge in [0.2, 0.25) is 11.0 Å². The number of amides is 3. The lowest BCUT2D eigenvalue weighted by Gasteiger charge is -2.12. The number of hydrogen-bond donors (Lipinski definition) is 2. The zero-order valence-electron chi connectivity index (χ0n) is 19.9. The number of rotatable bonds is 7. The third kappa shape index (κ3) is 6.60. The monoisotopic (exact) mass is 539 g/mol. The van der Waals surface area contributed by atoms with Gasteiger partial charge in [0.15, 0.2) is 11.6 Å². The van der Waals surface area contributed by atoms with Crippen LogP contribution in [0.15, 0.2) is 60.9 Å². The van der Waals surface area contributed by atoms with E-state index >= 15 is 0 Å². The third-order valence-electron chi connectivity index (χ3n) is 5.16. The zero-order valence-corrected chi connectivity index (χ0v) is 21.5. The highest BCUT2D eigenvalue weighted by Gasteiger charge is 2.18. The van der Waals surface area contributed by atoms with E-state index in [2.05, 4.69) is 20.0 Å². The van der Waals surface area contributed by atoms with E-state index in [1.54, 1.807) is 18.0 Å². The first-order valence-corrected chi connectivity index (χ1v) is 12.8. The number of benzene rings is 2. The van der Waals surface area contributed by atoms with Crippen molar-refractivity contribution in [2.75, 3.05) is 18.9 Å². The standard InChI is InChI=1S/C25H22FN5O4S2/c1-3-31(2)24(33)20-13-18-22(36-20)23(28-14-27-18)35-19-10-9-16(12-17(19)26)29-25(34)30-37-21(32)11-15-7-5-4-6-8-15/h4-10,12-14H,3,11H2,1-2H3,(H2,29,30,34). The number of ether oxygens (including phenoxy) is 1. The van der Waals surface area contributed by atoms with E-state index in [1.165, 1.54) is 18.5 Å². The van der Waals surface area contributed by atoms with Gasteiger partial charge >= 0.3 is 6.03 Å². The van der Waals surface area contributed by atoms with Crippen LogP contribution in [0.1, 0.15) is 22.2 Å². The SMILES string of the molecule is CCN(C)C(=O)c1cc2ncnc(Oc3ccc(NC(=O)NSC(=O)Cc4ccccc4)cc3F)c2s1. The molecule has 9 nitrogen and oxygen atoms in total. The predicted molar refractivity (Wildman–Crippen MR) is 141 cm³/mol. The molecule has 0 saturated heterocycles. The minimum atomic E-state index is -0.740. The molecule has 12 heteroatoms. The molecule has 0 radical (unpaired) electrons. The number of anilines is 1. The number of nitrogens with one attached hydrogen (secondary N) is 2. The van der Waals surface area contributed by atoms with E-state index in [9.17, 15) is 18.8 Å². The van der Waals surface area contributed by atoms with Crippen LogP contribution < -0.4 is 14.8 Å². The van der Waals surface area contributed by atoms with Gasteiger partial charge in [0, 0.05) is 43.7 Å².